The van der Waals surface area contributed by atoms with E-state index in [1.807, 2.05) is 42.5 Å². The van der Waals surface area contributed by atoms with E-state index in [-0.39, 0.29) is 12.6 Å². The molecule has 1 N–H and O–H groups in total. The van der Waals surface area contributed by atoms with Crippen molar-refractivity contribution in [2.45, 2.75) is 13.2 Å². The molecule has 0 saturated carbocycles. The van der Waals surface area contributed by atoms with E-state index in [9.17, 15) is 4.79 Å². The van der Waals surface area contributed by atoms with Crippen LogP contribution in [0.2, 0.25) is 5.02 Å². The molecule has 3 rings (SSSR count). The van der Waals surface area contributed by atoms with Crippen LogP contribution in [0.1, 0.15) is 5.56 Å². The molecule has 3 aromatic rings. The van der Waals surface area contributed by atoms with E-state index in [4.69, 9.17) is 16.3 Å². The third-order valence-corrected chi connectivity index (χ3v) is 3.52. The zero-order valence-electron chi connectivity index (χ0n) is 12.9. The first kappa shape index (κ1) is 16.1. The smallest absolute Gasteiger partial charge is 0.228 e. The summed E-state index contributed by atoms with van der Waals surface area (Å²) in [5, 5.41) is 7.59. The van der Waals surface area contributed by atoms with Crippen LogP contribution >= 0.6 is 11.6 Å². The van der Waals surface area contributed by atoms with Gasteiger partial charge in [0.2, 0.25) is 5.91 Å². The molecule has 1 aromatic heterocycles. The largest absolute Gasteiger partial charge is 0.471 e. The lowest BCUT2D eigenvalue weighted by atomic mass is 10.1. The van der Waals surface area contributed by atoms with Gasteiger partial charge in [-0.2, -0.15) is 5.10 Å². The number of benzene rings is 2. The van der Waals surface area contributed by atoms with Gasteiger partial charge in [0.05, 0.1) is 24.5 Å². The van der Waals surface area contributed by atoms with Crippen LogP contribution in [-0.4, -0.2) is 15.7 Å². The Balaban J connectivity index is 1.52. The molecule has 1 heterocycles. The van der Waals surface area contributed by atoms with E-state index in [0.717, 1.165) is 5.56 Å². The molecule has 6 heteroatoms. The van der Waals surface area contributed by atoms with Crippen LogP contribution in [0, 0.1) is 0 Å². The molecule has 1 amide bonds. The Kier molecular flexibility index (Phi) is 5.13. The van der Waals surface area contributed by atoms with Crippen molar-refractivity contribution in [1.29, 1.82) is 0 Å². The number of nitrogens with zero attached hydrogens (tertiary/aromatic N) is 2. The molecule has 0 fully saturated rings. The standard InChI is InChI=1S/C18H16ClN3O2/c19-15-7-4-8-17(10-15)24-13-22-12-16(11-20-22)21-18(23)9-14-5-2-1-3-6-14/h1-8,10-12H,9,13H2,(H,21,23). The van der Waals surface area contributed by atoms with Crippen LogP contribution in [-0.2, 0) is 17.9 Å². The Hall–Kier alpha value is -2.79. The Bertz CT molecular complexity index is 818. The Morgan fingerprint density at radius 3 is 2.79 bits per heavy atom. The van der Waals surface area contributed by atoms with Crippen LogP contribution in [0.4, 0.5) is 5.69 Å². The first-order chi connectivity index (χ1) is 11.7. The third-order valence-electron chi connectivity index (χ3n) is 3.28. The maximum atomic E-state index is 12.0. The highest BCUT2D eigenvalue weighted by atomic mass is 35.5. The second-order valence-electron chi connectivity index (χ2n) is 5.21. The fourth-order valence-electron chi connectivity index (χ4n) is 2.18. The Labute approximate surface area is 144 Å². The molecule has 24 heavy (non-hydrogen) atoms. The Morgan fingerprint density at radius 2 is 2.00 bits per heavy atom. The van der Waals surface area contributed by atoms with E-state index in [0.29, 0.717) is 22.9 Å². The van der Waals surface area contributed by atoms with Gasteiger partial charge in [0.25, 0.3) is 0 Å². The molecule has 2 aromatic carbocycles. The predicted molar refractivity (Wildman–Crippen MR) is 93.1 cm³/mol. The maximum absolute atomic E-state index is 12.0. The number of ether oxygens (including phenoxy) is 1. The van der Waals surface area contributed by atoms with Crippen molar-refractivity contribution in [3.8, 4) is 5.75 Å². The van der Waals surface area contributed by atoms with Crippen molar-refractivity contribution < 1.29 is 9.53 Å². The number of carbonyl (C=O) groups excluding carboxylic acids is 1. The van der Waals surface area contributed by atoms with E-state index in [2.05, 4.69) is 10.4 Å². The second kappa shape index (κ2) is 7.66. The molecule has 0 atom stereocenters. The van der Waals surface area contributed by atoms with Crippen LogP contribution in [0.3, 0.4) is 0 Å². The fraction of sp³-hybridized carbons (Fsp3) is 0.111. The van der Waals surface area contributed by atoms with Crippen molar-refractivity contribution in [3.05, 3.63) is 77.6 Å². The lowest BCUT2D eigenvalue weighted by Gasteiger charge is -2.06. The highest BCUT2D eigenvalue weighted by molar-refractivity contribution is 6.30. The van der Waals surface area contributed by atoms with Crippen LogP contribution in [0.5, 0.6) is 5.75 Å². The van der Waals surface area contributed by atoms with Crippen molar-refractivity contribution in [2.24, 2.45) is 0 Å². The highest BCUT2D eigenvalue weighted by Crippen LogP contribution is 2.17. The van der Waals surface area contributed by atoms with Gasteiger partial charge >= 0.3 is 0 Å². The molecule has 0 saturated heterocycles. The van der Waals surface area contributed by atoms with Gasteiger partial charge in [0.1, 0.15) is 5.75 Å². The summed E-state index contributed by atoms with van der Waals surface area (Å²) in [6.07, 6.45) is 3.63. The van der Waals surface area contributed by atoms with E-state index in [1.54, 1.807) is 29.2 Å². The maximum Gasteiger partial charge on any atom is 0.228 e. The molecule has 0 aliphatic rings. The molecule has 0 bridgehead atoms. The lowest BCUT2D eigenvalue weighted by molar-refractivity contribution is -0.115. The first-order valence-corrected chi connectivity index (χ1v) is 7.81. The van der Waals surface area contributed by atoms with Gasteiger partial charge in [-0.1, -0.05) is 48.0 Å². The van der Waals surface area contributed by atoms with Gasteiger partial charge in [-0.25, -0.2) is 4.68 Å². The van der Waals surface area contributed by atoms with Gasteiger partial charge < -0.3 is 10.1 Å². The molecule has 0 unspecified atom stereocenters. The van der Waals surface area contributed by atoms with E-state index in [1.165, 1.54) is 0 Å². The summed E-state index contributed by atoms with van der Waals surface area (Å²) < 4.78 is 7.19. The molecular formula is C18H16ClN3O2. The summed E-state index contributed by atoms with van der Waals surface area (Å²) in [4.78, 5) is 12.0. The molecular weight excluding hydrogens is 326 g/mol. The summed E-state index contributed by atoms with van der Waals surface area (Å²) in [5.74, 6) is 0.573. The zero-order valence-corrected chi connectivity index (χ0v) is 13.6. The average Bonchev–Trinajstić information content (AvgIpc) is 3.01. The number of carbonyl (C=O) groups is 1. The van der Waals surface area contributed by atoms with Crippen molar-refractivity contribution in [1.82, 2.24) is 9.78 Å². The SMILES string of the molecule is O=C(Cc1ccccc1)Nc1cnn(COc2cccc(Cl)c2)c1. The number of anilines is 1. The van der Waals surface area contributed by atoms with Crippen LogP contribution in [0.25, 0.3) is 0 Å². The minimum atomic E-state index is -0.0866. The van der Waals surface area contributed by atoms with Crippen molar-refractivity contribution in [2.75, 3.05) is 5.32 Å². The predicted octanol–water partition coefficient (Wildman–Crippen LogP) is 3.75. The van der Waals surface area contributed by atoms with Crippen molar-refractivity contribution in [3.63, 3.8) is 0 Å². The van der Waals surface area contributed by atoms with Crippen LogP contribution in [0.15, 0.2) is 67.0 Å². The summed E-state index contributed by atoms with van der Waals surface area (Å²) in [7, 11) is 0. The lowest BCUT2D eigenvalue weighted by Crippen LogP contribution is -2.14. The van der Waals surface area contributed by atoms with E-state index >= 15 is 0 Å². The quantitative estimate of drug-likeness (QED) is 0.742. The summed E-state index contributed by atoms with van der Waals surface area (Å²) in [6.45, 7) is 0.231. The minimum absolute atomic E-state index is 0.0866. The fourth-order valence-corrected chi connectivity index (χ4v) is 2.36. The molecule has 0 aliphatic heterocycles. The number of hydrogen-bond acceptors (Lipinski definition) is 3. The first-order valence-electron chi connectivity index (χ1n) is 7.44. The summed E-state index contributed by atoms with van der Waals surface area (Å²) in [6, 6.07) is 16.7. The Morgan fingerprint density at radius 1 is 1.17 bits per heavy atom. The highest BCUT2D eigenvalue weighted by Gasteiger charge is 2.06. The normalized spacial score (nSPS) is 10.4. The second-order valence-corrected chi connectivity index (χ2v) is 5.65. The molecule has 5 nitrogen and oxygen atoms in total. The molecule has 0 radical (unpaired) electrons. The molecule has 122 valence electrons. The van der Waals surface area contributed by atoms with Gasteiger partial charge in [-0.15, -0.1) is 0 Å². The number of rotatable bonds is 6. The van der Waals surface area contributed by atoms with Gasteiger partial charge in [0.15, 0.2) is 6.73 Å². The monoisotopic (exact) mass is 341 g/mol. The molecule has 0 aliphatic carbocycles. The zero-order chi connectivity index (χ0) is 16.8. The molecule has 0 spiro atoms. The topological polar surface area (TPSA) is 56.2 Å². The number of halogens is 1. The van der Waals surface area contributed by atoms with Gasteiger partial charge in [-0.05, 0) is 23.8 Å². The summed E-state index contributed by atoms with van der Waals surface area (Å²) >= 11 is 5.90. The van der Waals surface area contributed by atoms with Gasteiger partial charge in [0, 0.05) is 5.02 Å². The number of nitrogens with one attached hydrogen (secondary N) is 1. The number of amides is 1. The van der Waals surface area contributed by atoms with E-state index < -0.39 is 0 Å². The number of hydrogen-bond donors (Lipinski definition) is 1. The van der Waals surface area contributed by atoms with Crippen molar-refractivity contribution >= 4 is 23.2 Å². The third kappa shape index (κ3) is 4.60. The average molecular weight is 342 g/mol. The van der Waals surface area contributed by atoms with Gasteiger partial charge in [-0.3, -0.25) is 4.79 Å². The minimum Gasteiger partial charge on any atom is -0.471 e. The number of aromatic nitrogens is 2. The van der Waals surface area contributed by atoms with Crippen LogP contribution < -0.4 is 10.1 Å². The summed E-state index contributed by atoms with van der Waals surface area (Å²) in [5.41, 5.74) is 1.59.